The Bertz CT molecular complexity index is 875. The first-order valence-corrected chi connectivity index (χ1v) is 11.3. The van der Waals surface area contributed by atoms with Crippen molar-refractivity contribution in [2.24, 2.45) is 11.8 Å². The van der Waals surface area contributed by atoms with Gasteiger partial charge in [-0.15, -0.1) is 0 Å². The predicted molar refractivity (Wildman–Crippen MR) is 111 cm³/mol. The monoisotopic (exact) mass is 418 g/mol. The van der Waals surface area contributed by atoms with Crippen LogP contribution in [0.5, 0.6) is 0 Å². The van der Waals surface area contributed by atoms with E-state index in [-0.39, 0.29) is 11.8 Å². The van der Waals surface area contributed by atoms with Crippen LogP contribution in [0.2, 0.25) is 0 Å². The minimum absolute atomic E-state index is 0.114. The molecule has 0 saturated heterocycles. The van der Waals surface area contributed by atoms with Gasteiger partial charge in [0, 0.05) is 0 Å². The van der Waals surface area contributed by atoms with Crippen molar-refractivity contribution in [2.75, 3.05) is 0 Å². The van der Waals surface area contributed by atoms with Crippen LogP contribution < -0.4 is 0 Å². The van der Waals surface area contributed by atoms with Crippen molar-refractivity contribution < 1.29 is 17.6 Å². The highest BCUT2D eigenvalue weighted by atomic mass is 19.2. The molecule has 30 heavy (non-hydrogen) atoms. The van der Waals surface area contributed by atoms with Gasteiger partial charge in [0.15, 0.2) is 23.3 Å². The molecule has 0 N–H and O–H groups in total. The summed E-state index contributed by atoms with van der Waals surface area (Å²) in [7, 11) is 0. The van der Waals surface area contributed by atoms with Crippen LogP contribution in [0.3, 0.4) is 0 Å². The Balaban J connectivity index is 1.27. The first kappa shape index (κ1) is 21.4. The zero-order valence-electron chi connectivity index (χ0n) is 17.6. The summed E-state index contributed by atoms with van der Waals surface area (Å²) in [6.07, 6.45) is 9.02. The van der Waals surface area contributed by atoms with E-state index < -0.39 is 23.3 Å². The van der Waals surface area contributed by atoms with Crippen molar-refractivity contribution in [3.8, 4) is 0 Å². The Labute approximate surface area is 176 Å². The molecule has 162 valence electrons. The first-order valence-electron chi connectivity index (χ1n) is 11.3. The Morgan fingerprint density at radius 3 is 1.73 bits per heavy atom. The lowest BCUT2D eigenvalue weighted by Gasteiger charge is -2.34. The largest absolute Gasteiger partial charge is 0.204 e. The Morgan fingerprint density at radius 2 is 1.17 bits per heavy atom. The molecule has 0 atom stereocenters. The van der Waals surface area contributed by atoms with E-state index in [4.69, 9.17) is 0 Å². The molecule has 0 radical (unpaired) electrons. The molecule has 2 aliphatic rings. The van der Waals surface area contributed by atoms with E-state index >= 15 is 0 Å². The summed E-state index contributed by atoms with van der Waals surface area (Å²) in [5, 5.41) is 0. The summed E-state index contributed by atoms with van der Waals surface area (Å²) < 4.78 is 55.8. The second-order valence-electron chi connectivity index (χ2n) is 9.41. The fraction of sp³-hybridized carbons (Fsp3) is 0.538. The van der Waals surface area contributed by atoms with Crippen molar-refractivity contribution in [3.05, 3.63) is 70.3 Å². The van der Waals surface area contributed by atoms with Crippen LogP contribution in [-0.4, -0.2) is 0 Å². The van der Waals surface area contributed by atoms with Crippen molar-refractivity contribution in [1.82, 2.24) is 0 Å². The van der Waals surface area contributed by atoms with Crippen LogP contribution in [-0.2, 0) is 0 Å². The van der Waals surface area contributed by atoms with Gasteiger partial charge in [-0.2, -0.15) is 0 Å². The minimum Gasteiger partial charge on any atom is -0.204 e. The summed E-state index contributed by atoms with van der Waals surface area (Å²) in [4.78, 5) is 0. The Hall–Kier alpha value is -1.84. The van der Waals surface area contributed by atoms with Crippen molar-refractivity contribution >= 4 is 0 Å². The fourth-order valence-corrected chi connectivity index (χ4v) is 5.70. The van der Waals surface area contributed by atoms with Crippen LogP contribution in [0.1, 0.15) is 86.3 Å². The van der Waals surface area contributed by atoms with Gasteiger partial charge in [0.1, 0.15) is 0 Å². The van der Waals surface area contributed by atoms with Gasteiger partial charge in [-0.05, 0) is 111 Å². The van der Waals surface area contributed by atoms with E-state index in [1.165, 1.54) is 6.07 Å². The van der Waals surface area contributed by atoms with E-state index in [9.17, 15) is 17.6 Å². The highest BCUT2D eigenvalue weighted by Gasteiger charge is 2.30. The average molecular weight is 419 g/mol. The molecule has 2 fully saturated rings. The molecule has 0 heterocycles. The molecule has 0 nitrogen and oxygen atoms in total. The van der Waals surface area contributed by atoms with Crippen LogP contribution in [0, 0.1) is 42.0 Å². The lowest BCUT2D eigenvalue weighted by Crippen LogP contribution is -2.21. The molecule has 2 aromatic rings. The van der Waals surface area contributed by atoms with Gasteiger partial charge in [0.25, 0.3) is 0 Å². The summed E-state index contributed by atoms with van der Waals surface area (Å²) in [6, 6.07) is 7.93. The van der Waals surface area contributed by atoms with Crippen molar-refractivity contribution in [1.29, 1.82) is 0 Å². The maximum Gasteiger partial charge on any atom is 0.162 e. The standard InChI is InChI=1S/C26H30F4/c1-16-5-14-22(26(30)24(16)28)20-12-8-18(9-13-20)15-17-6-10-19(11-7-17)21-3-2-4-23(27)25(21)29/h2-5,14,17-20H,6-13,15H2,1H3. The predicted octanol–water partition coefficient (Wildman–Crippen LogP) is 8.19. The second-order valence-corrected chi connectivity index (χ2v) is 9.41. The number of benzene rings is 2. The molecule has 4 heteroatoms. The molecular weight excluding hydrogens is 388 g/mol. The van der Waals surface area contributed by atoms with Gasteiger partial charge < -0.3 is 0 Å². The third kappa shape index (κ3) is 4.43. The van der Waals surface area contributed by atoms with E-state index in [1.807, 2.05) is 0 Å². The molecule has 2 saturated carbocycles. The number of halogens is 4. The Kier molecular flexibility index (Phi) is 6.50. The third-order valence-corrected chi connectivity index (χ3v) is 7.53. The minimum atomic E-state index is -0.753. The smallest absolute Gasteiger partial charge is 0.162 e. The third-order valence-electron chi connectivity index (χ3n) is 7.53. The van der Waals surface area contributed by atoms with Crippen molar-refractivity contribution in [3.63, 3.8) is 0 Å². The van der Waals surface area contributed by atoms with Crippen LogP contribution >= 0.6 is 0 Å². The van der Waals surface area contributed by atoms with Crippen LogP contribution in [0.15, 0.2) is 30.3 Å². The van der Waals surface area contributed by atoms with E-state index in [0.717, 1.165) is 57.8 Å². The highest BCUT2D eigenvalue weighted by molar-refractivity contribution is 5.28. The highest BCUT2D eigenvalue weighted by Crippen LogP contribution is 2.44. The van der Waals surface area contributed by atoms with Crippen molar-refractivity contribution in [2.45, 2.75) is 76.5 Å². The number of aryl methyl sites for hydroxylation is 1. The molecule has 0 unspecified atom stereocenters. The normalized spacial score (nSPS) is 27.2. The number of hydrogen-bond donors (Lipinski definition) is 0. The summed E-state index contributed by atoms with van der Waals surface area (Å²) in [5.41, 5.74) is 1.43. The fourth-order valence-electron chi connectivity index (χ4n) is 5.70. The SMILES string of the molecule is Cc1ccc(C2CCC(CC3CCC(c4cccc(F)c4F)CC3)CC2)c(F)c1F. The molecule has 0 spiro atoms. The zero-order valence-corrected chi connectivity index (χ0v) is 17.6. The van der Waals surface area contributed by atoms with Gasteiger partial charge in [-0.3, -0.25) is 0 Å². The van der Waals surface area contributed by atoms with Gasteiger partial charge in [-0.25, -0.2) is 17.6 Å². The molecule has 0 bridgehead atoms. The number of hydrogen-bond acceptors (Lipinski definition) is 0. The van der Waals surface area contributed by atoms with Gasteiger partial charge >= 0.3 is 0 Å². The molecule has 0 aliphatic heterocycles. The maximum atomic E-state index is 14.3. The molecule has 0 aromatic heterocycles. The van der Waals surface area contributed by atoms with Gasteiger partial charge in [-0.1, -0.05) is 24.3 Å². The van der Waals surface area contributed by atoms with Crippen LogP contribution in [0.4, 0.5) is 17.6 Å². The van der Waals surface area contributed by atoms with E-state index in [0.29, 0.717) is 28.5 Å². The molecule has 2 aromatic carbocycles. The zero-order chi connectivity index (χ0) is 21.3. The second kappa shape index (κ2) is 9.11. The average Bonchev–Trinajstić information content (AvgIpc) is 2.76. The lowest BCUT2D eigenvalue weighted by atomic mass is 9.71. The lowest BCUT2D eigenvalue weighted by molar-refractivity contribution is 0.222. The maximum absolute atomic E-state index is 14.3. The summed E-state index contributed by atoms with van der Waals surface area (Å²) >= 11 is 0. The number of rotatable bonds is 4. The van der Waals surface area contributed by atoms with Gasteiger partial charge in [0.05, 0.1) is 0 Å². The van der Waals surface area contributed by atoms with E-state index in [2.05, 4.69) is 0 Å². The summed E-state index contributed by atoms with van der Waals surface area (Å²) in [5.74, 6) is -1.31. The Morgan fingerprint density at radius 1 is 0.633 bits per heavy atom. The molecule has 0 amide bonds. The van der Waals surface area contributed by atoms with Gasteiger partial charge in [0.2, 0.25) is 0 Å². The molecular formula is C26H30F4. The molecule has 4 rings (SSSR count). The molecule has 2 aliphatic carbocycles. The first-order chi connectivity index (χ1) is 14.4. The topological polar surface area (TPSA) is 0 Å². The van der Waals surface area contributed by atoms with Crippen LogP contribution in [0.25, 0.3) is 0 Å². The van der Waals surface area contributed by atoms with E-state index in [1.54, 1.807) is 31.2 Å². The quantitative estimate of drug-likeness (QED) is 0.439. The summed E-state index contributed by atoms with van der Waals surface area (Å²) in [6.45, 7) is 1.59.